The molecule has 0 aliphatic carbocycles. The molecule has 0 bridgehead atoms. The number of benzene rings is 1. The topological polar surface area (TPSA) is 24.5 Å². The average molecular weight is 283 g/mol. The SMILES string of the molecule is Cc1cccc(CNCCCN2CCOCC2)c1Cl. The van der Waals surface area contributed by atoms with Gasteiger partial charge >= 0.3 is 0 Å². The fraction of sp³-hybridized carbons (Fsp3) is 0.600. The molecule has 106 valence electrons. The maximum absolute atomic E-state index is 6.27. The molecule has 0 aromatic heterocycles. The summed E-state index contributed by atoms with van der Waals surface area (Å²) in [4.78, 5) is 2.46. The molecule has 1 heterocycles. The number of nitrogens with one attached hydrogen (secondary N) is 1. The van der Waals surface area contributed by atoms with Crippen molar-refractivity contribution in [3.8, 4) is 0 Å². The smallest absolute Gasteiger partial charge is 0.0594 e. The Bertz CT molecular complexity index is 392. The van der Waals surface area contributed by atoms with Gasteiger partial charge in [-0.3, -0.25) is 4.90 Å². The van der Waals surface area contributed by atoms with Crippen LogP contribution in [0.4, 0.5) is 0 Å². The van der Waals surface area contributed by atoms with E-state index in [9.17, 15) is 0 Å². The van der Waals surface area contributed by atoms with E-state index in [1.165, 1.54) is 12.0 Å². The van der Waals surface area contributed by atoms with Crippen LogP contribution in [0.25, 0.3) is 0 Å². The third-order valence-electron chi connectivity index (χ3n) is 3.52. The molecule has 1 aromatic rings. The second-order valence-electron chi connectivity index (χ2n) is 5.03. The van der Waals surface area contributed by atoms with Gasteiger partial charge in [0.15, 0.2) is 0 Å². The lowest BCUT2D eigenvalue weighted by atomic mass is 10.1. The van der Waals surface area contributed by atoms with Crippen molar-refractivity contribution in [2.45, 2.75) is 19.9 Å². The number of nitrogens with zero attached hydrogens (tertiary/aromatic N) is 1. The molecule has 1 aromatic carbocycles. The number of hydrogen-bond donors (Lipinski definition) is 1. The standard InChI is InChI=1S/C15H23ClN2O/c1-13-4-2-5-14(15(13)16)12-17-6-3-7-18-8-10-19-11-9-18/h2,4-5,17H,3,6-12H2,1H3. The first-order valence-corrected chi connectivity index (χ1v) is 7.40. The number of aryl methyl sites for hydroxylation is 1. The first-order valence-electron chi connectivity index (χ1n) is 7.02. The van der Waals surface area contributed by atoms with Gasteiger partial charge in [0.05, 0.1) is 13.2 Å². The Kier molecular flexibility index (Phi) is 6.11. The predicted molar refractivity (Wildman–Crippen MR) is 79.8 cm³/mol. The van der Waals surface area contributed by atoms with Gasteiger partial charge in [-0.1, -0.05) is 29.8 Å². The summed E-state index contributed by atoms with van der Waals surface area (Å²) in [6, 6.07) is 6.19. The van der Waals surface area contributed by atoms with Crippen LogP contribution in [-0.2, 0) is 11.3 Å². The van der Waals surface area contributed by atoms with E-state index in [1.807, 2.05) is 13.0 Å². The summed E-state index contributed by atoms with van der Waals surface area (Å²) in [5.41, 5.74) is 2.34. The molecule has 0 amide bonds. The summed E-state index contributed by atoms with van der Waals surface area (Å²) in [6.07, 6.45) is 1.17. The Morgan fingerprint density at radius 3 is 2.89 bits per heavy atom. The van der Waals surface area contributed by atoms with Crippen molar-refractivity contribution >= 4 is 11.6 Å². The van der Waals surface area contributed by atoms with Crippen LogP contribution in [0.5, 0.6) is 0 Å². The van der Waals surface area contributed by atoms with Crippen molar-refractivity contribution in [2.24, 2.45) is 0 Å². The highest BCUT2D eigenvalue weighted by molar-refractivity contribution is 6.32. The van der Waals surface area contributed by atoms with Crippen molar-refractivity contribution in [1.29, 1.82) is 0 Å². The highest BCUT2D eigenvalue weighted by Crippen LogP contribution is 2.19. The van der Waals surface area contributed by atoms with Gasteiger partial charge in [0.25, 0.3) is 0 Å². The van der Waals surface area contributed by atoms with E-state index in [1.54, 1.807) is 0 Å². The molecule has 2 rings (SSSR count). The number of rotatable bonds is 6. The molecule has 1 saturated heterocycles. The van der Waals surface area contributed by atoms with Crippen molar-refractivity contribution in [3.05, 3.63) is 34.3 Å². The van der Waals surface area contributed by atoms with Gasteiger partial charge in [0.1, 0.15) is 0 Å². The molecule has 1 aliphatic heterocycles. The monoisotopic (exact) mass is 282 g/mol. The number of morpholine rings is 1. The van der Waals surface area contributed by atoms with Gasteiger partial charge in [0.2, 0.25) is 0 Å². The third-order valence-corrected chi connectivity index (χ3v) is 4.06. The molecule has 1 fully saturated rings. The van der Waals surface area contributed by atoms with E-state index >= 15 is 0 Å². The lowest BCUT2D eigenvalue weighted by Crippen LogP contribution is -2.37. The summed E-state index contributed by atoms with van der Waals surface area (Å²) < 4.78 is 5.34. The summed E-state index contributed by atoms with van der Waals surface area (Å²) in [5.74, 6) is 0. The fourth-order valence-corrected chi connectivity index (χ4v) is 2.51. The predicted octanol–water partition coefficient (Wildman–Crippen LogP) is 2.46. The molecule has 3 nitrogen and oxygen atoms in total. The molecule has 1 N–H and O–H groups in total. The lowest BCUT2D eigenvalue weighted by molar-refractivity contribution is 0.0374. The highest BCUT2D eigenvalue weighted by atomic mass is 35.5. The average Bonchev–Trinajstić information content (AvgIpc) is 2.44. The normalized spacial score (nSPS) is 16.7. The molecular weight excluding hydrogens is 260 g/mol. The summed E-state index contributed by atoms with van der Waals surface area (Å²) in [6.45, 7) is 8.99. The van der Waals surface area contributed by atoms with Crippen LogP contribution in [0, 0.1) is 6.92 Å². The fourth-order valence-electron chi connectivity index (χ4n) is 2.32. The van der Waals surface area contributed by atoms with Gasteiger partial charge in [-0.25, -0.2) is 0 Å². The minimum Gasteiger partial charge on any atom is -0.379 e. The second kappa shape index (κ2) is 7.85. The number of ether oxygens (including phenoxy) is 1. The van der Waals surface area contributed by atoms with E-state index in [0.29, 0.717) is 0 Å². The maximum Gasteiger partial charge on any atom is 0.0594 e. The summed E-state index contributed by atoms with van der Waals surface area (Å²) >= 11 is 6.27. The molecule has 4 heteroatoms. The minimum absolute atomic E-state index is 0.851. The quantitative estimate of drug-likeness (QED) is 0.811. The molecule has 0 saturated carbocycles. The molecule has 0 spiro atoms. The van der Waals surface area contributed by atoms with E-state index in [2.05, 4.69) is 22.3 Å². The first-order chi connectivity index (χ1) is 9.27. The summed E-state index contributed by atoms with van der Waals surface area (Å²) in [5, 5.41) is 4.36. The Balaban J connectivity index is 1.62. The van der Waals surface area contributed by atoms with Gasteiger partial charge in [0, 0.05) is 24.7 Å². The van der Waals surface area contributed by atoms with Crippen LogP contribution in [0.3, 0.4) is 0 Å². The van der Waals surface area contributed by atoms with Crippen LogP contribution in [-0.4, -0.2) is 44.3 Å². The zero-order valence-electron chi connectivity index (χ0n) is 11.6. The second-order valence-corrected chi connectivity index (χ2v) is 5.41. The molecule has 0 radical (unpaired) electrons. The number of halogens is 1. The Morgan fingerprint density at radius 2 is 2.11 bits per heavy atom. The minimum atomic E-state index is 0.851. The zero-order chi connectivity index (χ0) is 13.5. The highest BCUT2D eigenvalue weighted by Gasteiger charge is 2.09. The third kappa shape index (κ3) is 4.77. The number of hydrogen-bond acceptors (Lipinski definition) is 3. The van der Waals surface area contributed by atoms with Gasteiger partial charge in [-0.05, 0) is 37.6 Å². The maximum atomic E-state index is 6.27. The van der Waals surface area contributed by atoms with Gasteiger partial charge < -0.3 is 10.1 Å². The van der Waals surface area contributed by atoms with E-state index in [4.69, 9.17) is 16.3 Å². The van der Waals surface area contributed by atoms with Gasteiger partial charge in [-0.15, -0.1) is 0 Å². The van der Waals surface area contributed by atoms with E-state index in [-0.39, 0.29) is 0 Å². The van der Waals surface area contributed by atoms with Crippen molar-refractivity contribution in [1.82, 2.24) is 10.2 Å². The lowest BCUT2D eigenvalue weighted by Gasteiger charge is -2.26. The van der Waals surface area contributed by atoms with Crippen LogP contribution in [0.15, 0.2) is 18.2 Å². The molecular formula is C15H23ClN2O. The largest absolute Gasteiger partial charge is 0.379 e. The Hall–Kier alpha value is -0.610. The van der Waals surface area contributed by atoms with Crippen molar-refractivity contribution < 1.29 is 4.74 Å². The van der Waals surface area contributed by atoms with Gasteiger partial charge in [-0.2, -0.15) is 0 Å². The molecule has 0 unspecified atom stereocenters. The Morgan fingerprint density at radius 1 is 1.32 bits per heavy atom. The molecule has 19 heavy (non-hydrogen) atoms. The zero-order valence-corrected chi connectivity index (χ0v) is 12.4. The van der Waals surface area contributed by atoms with Crippen LogP contribution in [0.2, 0.25) is 5.02 Å². The first kappa shape index (κ1) is 14.8. The van der Waals surface area contributed by atoms with E-state index in [0.717, 1.165) is 56.5 Å². The Labute approximate surface area is 120 Å². The van der Waals surface area contributed by atoms with Crippen LogP contribution < -0.4 is 5.32 Å². The van der Waals surface area contributed by atoms with E-state index < -0.39 is 0 Å². The summed E-state index contributed by atoms with van der Waals surface area (Å²) in [7, 11) is 0. The van der Waals surface area contributed by atoms with Crippen molar-refractivity contribution in [2.75, 3.05) is 39.4 Å². The van der Waals surface area contributed by atoms with Crippen LogP contribution >= 0.6 is 11.6 Å². The molecule has 0 atom stereocenters. The van der Waals surface area contributed by atoms with Crippen molar-refractivity contribution in [3.63, 3.8) is 0 Å². The molecule has 1 aliphatic rings. The van der Waals surface area contributed by atoms with Crippen LogP contribution in [0.1, 0.15) is 17.5 Å².